The first-order valence-corrected chi connectivity index (χ1v) is 5.45. The average molecular weight is 249 g/mol. The Balaban J connectivity index is 3.00. The van der Waals surface area contributed by atoms with Crippen LogP contribution >= 0.6 is 0 Å². The molecule has 0 amide bonds. The lowest BCUT2D eigenvalue weighted by molar-refractivity contribution is 0.353. The summed E-state index contributed by atoms with van der Waals surface area (Å²) in [4.78, 5) is 14.3. The van der Waals surface area contributed by atoms with Crippen LogP contribution in [0.1, 0.15) is 5.56 Å². The summed E-state index contributed by atoms with van der Waals surface area (Å²) in [6, 6.07) is 3.21. The third-order valence-electron chi connectivity index (χ3n) is 2.84. The molecule has 0 aliphatic rings. The second kappa shape index (κ2) is 4.60. The van der Waals surface area contributed by atoms with E-state index in [9.17, 15) is 4.79 Å². The van der Waals surface area contributed by atoms with E-state index in [0.717, 1.165) is 10.9 Å². The number of hydrogen-bond acceptors (Lipinski definition) is 4. The van der Waals surface area contributed by atoms with Gasteiger partial charge in [-0.05, 0) is 12.5 Å². The number of pyridine rings is 1. The Morgan fingerprint density at radius 3 is 2.22 bits per heavy atom. The topological polar surface area (TPSA) is 60.5 Å². The molecule has 0 saturated carbocycles. The third kappa shape index (κ3) is 1.77. The molecule has 2 aromatic rings. The SMILES string of the molecule is COc1cc(OC)c2[nH]c(=O)cc(C)c2c1OC. The van der Waals surface area contributed by atoms with Gasteiger partial charge in [0.15, 0.2) is 11.5 Å². The van der Waals surface area contributed by atoms with Crippen LogP contribution in [0.4, 0.5) is 0 Å². The van der Waals surface area contributed by atoms with Gasteiger partial charge >= 0.3 is 0 Å². The quantitative estimate of drug-likeness (QED) is 0.902. The molecule has 0 aliphatic heterocycles. The predicted molar refractivity (Wildman–Crippen MR) is 69.0 cm³/mol. The highest BCUT2D eigenvalue weighted by molar-refractivity contribution is 5.95. The predicted octanol–water partition coefficient (Wildman–Crippen LogP) is 1.86. The van der Waals surface area contributed by atoms with Crippen molar-refractivity contribution in [3.8, 4) is 17.2 Å². The molecular weight excluding hydrogens is 234 g/mol. The number of H-pyrrole nitrogens is 1. The van der Waals surface area contributed by atoms with E-state index in [1.807, 2.05) is 6.92 Å². The highest BCUT2D eigenvalue weighted by atomic mass is 16.5. The van der Waals surface area contributed by atoms with Crippen molar-refractivity contribution in [2.75, 3.05) is 21.3 Å². The van der Waals surface area contributed by atoms with E-state index < -0.39 is 0 Å². The van der Waals surface area contributed by atoms with Crippen molar-refractivity contribution in [1.82, 2.24) is 4.98 Å². The van der Waals surface area contributed by atoms with Crippen LogP contribution in [-0.2, 0) is 0 Å². The Kier molecular flexibility index (Phi) is 3.14. The molecule has 18 heavy (non-hydrogen) atoms. The highest BCUT2D eigenvalue weighted by Crippen LogP contribution is 2.41. The summed E-state index contributed by atoms with van der Waals surface area (Å²) < 4.78 is 15.9. The minimum atomic E-state index is -0.175. The van der Waals surface area contributed by atoms with Crippen molar-refractivity contribution in [2.24, 2.45) is 0 Å². The minimum Gasteiger partial charge on any atom is -0.494 e. The fraction of sp³-hybridized carbons (Fsp3) is 0.308. The van der Waals surface area contributed by atoms with Crippen LogP contribution in [0.3, 0.4) is 0 Å². The number of aromatic amines is 1. The van der Waals surface area contributed by atoms with Gasteiger partial charge in [0, 0.05) is 12.1 Å². The van der Waals surface area contributed by atoms with E-state index in [2.05, 4.69) is 4.98 Å². The van der Waals surface area contributed by atoms with Gasteiger partial charge in [0.1, 0.15) is 5.75 Å². The Morgan fingerprint density at radius 2 is 1.67 bits per heavy atom. The number of methoxy groups -OCH3 is 3. The van der Waals surface area contributed by atoms with Crippen molar-refractivity contribution in [3.63, 3.8) is 0 Å². The number of benzene rings is 1. The van der Waals surface area contributed by atoms with Gasteiger partial charge in [0.05, 0.1) is 32.2 Å². The summed E-state index contributed by atoms with van der Waals surface area (Å²) in [7, 11) is 4.67. The van der Waals surface area contributed by atoms with Crippen LogP contribution < -0.4 is 19.8 Å². The average Bonchev–Trinajstić information content (AvgIpc) is 2.36. The van der Waals surface area contributed by atoms with Crippen LogP contribution in [0.25, 0.3) is 10.9 Å². The third-order valence-corrected chi connectivity index (χ3v) is 2.84. The number of hydrogen-bond donors (Lipinski definition) is 1. The smallest absolute Gasteiger partial charge is 0.248 e. The second-order valence-corrected chi connectivity index (χ2v) is 3.88. The molecule has 96 valence electrons. The maximum atomic E-state index is 11.5. The van der Waals surface area contributed by atoms with Gasteiger partial charge in [-0.15, -0.1) is 0 Å². The lowest BCUT2D eigenvalue weighted by Gasteiger charge is -2.15. The maximum Gasteiger partial charge on any atom is 0.248 e. The number of aryl methyl sites for hydroxylation is 1. The first-order valence-electron chi connectivity index (χ1n) is 5.45. The zero-order valence-corrected chi connectivity index (χ0v) is 10.8. The van der Waals surface area contributed by atoms with Crippen LogP contribution in [0.2, 0.25) is 0 Å². The Morgan fingerprint density at radius 1 is 1.00 bits per heavy atom. The Bertz CT molecular complexity index is 645. The van der Waals surface area contributed by atoms with E-state index in [-0.39, 0.29) is 5.56 Å². The molecule has 0 fully saturated rings. The molecule has 5 nitrogen and oxygen atoms in total. The molecule has 0 atom stereocenters. The summed E-state index contributed by atoms with van der Waals surface area (Å²) in [5, 5.41) is 0.785. The zero-order valence-electron chi connectivity index (χ0n) is 10.8. The number of fused-ring (bicyclic) bond motifs is 1. The molecule has 0 aliphatic carbocycles. The summed E-state index contributed by atoms with van der Waals surface area (Å²) in [6.45, 7) is 1.85. The van der Waals surface area contributed by atoms with E-state index >= 15 is 0 Å². The number of ether oxygens (including phenoxy) is 3. The van der Waals surface area contributed by atoms with Crippen molar-refractivity contribution >= 4 is 10.9 Å². The Hall–Kier alpha value is -2.17. The van der Waals surface area contributed by atoms with E-state index in [1.165, 1.54) is 6.07 Å². The van der Waals surface area contributed by atoms with Gasteiger partial charge in [0.25, 0.3) is 0 Å². The van der Waals surface area contributed by atoms with Crippen molar-refractivity contribution < 1.29 is 14.2 Å². The van der Waals surface area contributed by atoms with Gasteiger partial charge < -0.3 is 19.2 Å². The van der Waals surface area contributed by atoms with E-state index in [1.54, 1.807) is 27.4 Å². The lowest BCUT2D eigenvalue weighted by Crippen LogP contribution is -2.07. The van der Waals surface area contributed by atoms with Gasteiger partial charge in [-0.3, -0.25) is 4.79 Å². The first kappa shape index (κ1) is 12.3. The van der Waals surface area contributed by atoms with Crippen molar-refractivity contribution in [3.05, 3.63) is 28.0 Å². The number of aromatic nitrogens is 1. The molecule has 1 aromatic heterocycles. The molecular formula is C13H15NO4. The van der Waals surface area contributed by atoms with Crippen LogP contribution in [0, 0.1) is 6.92 Å². The molecule has 2 rings (SSSR count). The van der Waals surface area contributed by atoms with Crippen LogP contribution in [0.5, 0.6) is 17.2 Å². The van der Waals surface area contributed by atoms with E-state index in [4.69, 9.17) is 14.2 Å². The molecule has 0 saturated heterocycles. The summed E-state index contributed by atoms with van der Waals surface area (Å²) in [5.41, 5.74) is 1.24. The Labute approximate surface area is 104 Å². The van der Waals surface area contributed by atoms with E-state index in [0.29, 0.717) is 22.8 Å². The standard InChI is InChI=1S/C13H15NO4/c1-7-5-10(15)14-12-8(16-2)6-9(17-3)13(18-4)11(7)12/h5-6H,1-4H3,(H,14,15). The second-order valence-electron chi connectivity index (χ2n) is 3.88. The van der Waals surface area contributed by atoms with Crippen molar-refractivity contribution in [1.29, 1.82) is 0 Å². The molecule has 0 unspecified atom stereocenters. The number of nitrogens with one attached hydrogen (secondary N) is 1. The summed E-state index contributed by atoms with van der Waals surface area (Å²) >= 11 is 0. The highest BCUT2D eigenvalue weighted by Gasteiger charge is 2.16. The molecule has 0 bridgehead atoms. The van der Waals surface area contributed by atoms with Gasteiger partial charge in [-0.1, -0.05) is 0 Å². The van der Waals surface area contributed by atoms with Crippen LogP contribution in [-0.4, -0.2) is 26.3 Å². The number of rotatable bonds is 3. The fourth-order valence-corrected chi connectivity index (χ4v) is 2.06. The fourth-order valence-electron chi connectivity index (χ4n) is 2.06. The maximum absolute atomic E-state index is 11.5. The summed E-state index contributed by atoms with van der Waals surface area (Å²) in [5.74, 6) is 1.70. The van der Waals surface area contributed by atoms with Gasteiger partial charge in [-0.25, -0.2) is 0 Å². The lowest BCUT2D eigenvalue weighted by atomic mass is 10.1. The van der Waals surface area contributed by atoms with Gasteiger partial charge in [-0.2, -0.15) is 0 Å². The molecule has 0 spiro atoms. The molecule has 0 radical (unpaired) electrons. The zero-order chi connectivity index (χ0) is 13.3. The molecule has 5 heteroatoms. The first-order chi connectivity index (χ1) is 8.62. The monoisotopic (exact) mass is 249 g/mol. The largest absolute Gasteiger partial charge is 0.494 e. The van der Waals surface area contributed by atoms with Crippen LogP contribution in [0.15, 0.2) is 16.9 Å². The molecule has 1 heterocycles. The summed E-state index contributed by atoms with van der Waals surface area (Å²) in [6.07, 6.45) is 0. The molecule has 1 N–H and O–H groups in total. The minimum absolute atomic E-state index is 0.175. The van der Waals surface area contributed by atoms with Crippen molar-refractivity contribution in [2.45, 2.75) is 6.92 Å². The normalized spacial score (nSPS) is 10.4. The molecule has 1 aromatic carbocycles. The van der Waals surface area contributed by atoms with Gasteiger partial charge in [0.2, 0.25) is 5.56 Å².